The Morgan fingerprint density at radius 1 is 1.32 bits per heavy atom. The summed E-state index contributed by atoms with van der Waals surface area (Å²) in [5, 5.41) is 0.743. The van der Waals surface area contributed by atoms with Crippen molar-refractivity contribution >= 4 is 17.5 Å². The van der Waals surface area contributed by atoms with Gasteiger partial charge in [0.15, 0.2) is 0 Å². The van der Waals surface area contributed by atoms with Gasteiger partial charge in [-0.1, -0.05) is 23.7 Å². The monoisotopic (exact) mass is 280 g/mol. The first-order valence-electron chi connectivity index (χ1n) is 6.64. The lowest BCUT2D eigenvalue weighted by Crippen LogP contribution is -2.44. The van der Waals surface area contributed by atoms with Gasteiger partial charge in [-0.05, 0) is 43.6 Å². The molecule has 0 aromatic heterocycles. The predicted molar refractivity (Wildman–Crippen MR) is 78.5 cm³/mol. The van der Waals surface area contributed by atoms with Crippen LogP contribution in [0.5, 0.6) is 0 Å². The van der Waals surface area contributed by atoms with Crippen molar-refractivity contribution in [3.8, 4) is 0 Å². The summed E-state index contributed by atoms with van der Waals surface area (Å²) in [6.45, 7) is 1.86. The van der Waals surface area contributed by atoms with Crippen molar-refractivity contribution in [1.29, 1.82) is 0 Å². The minimum absolute atomic E-state index is 0.0370. The number of carbonyl (C=O) groups excluding carboxylic acids is 1. The lowest BCUT2D eigenvalue weighted by Gasteiger charge is -2.37. The van der Waals surface area contributed by atoms with Gasteiger partial charge in [-0.2, -0.15) is 0 Å². The number of amides is 1. The van der Waals surface area contributed by atoms with Gasteiger partial charge in [0, 0.05) is 25.7 Å². The van der Waals surface area contributed by atoms with E-state index in [0.717, 1.165) is 24.5 Å². The largest absolute Gasteiger partial charge is 0.349 e. The van der Waals surface area contributed by atoms with Gasteiger partial charge in [0.1, 0.15) is 0 Å². The summed E-state index contributed by atoms with van der Waals surface area (Å²) in [5.74, 6) is 0.546. The minimum atomic E-state index is 0.0370. The number of benzene rings is 1. The zero-order chi connectivity index (χ0) is 14.0. The lowest BCUT2D eigenvalue weighted by atomic mass is 9.80. The number of hydrogen-bond acceptors (Lipinski definition) is 2. The SMILES string of the molecule is CN1CC[C@H](c2ccc(Cl)cc2)[C@@H](C(=O)N(C)C)C1. The average Bonchev–Trinajstić information content (AvgIpc) is 2.39. The van der Waals surface area contributed by atoms with E-state index in [-0.39, 0.29) is 11.8 Å². The highest BCUT2D eigenvalue weighted by Crippen LogP contribution is 2.34. The highest BCUT2D eigenvalue weighted by molar-refractivity contribution is 6.30. The maximum atomic E-state index is 12.4. The van der Waals surface area contributed by atoms with E-state index in [4.69, 9.17) is 11.6 Å². The van der Waals surface area contributed by atoms with Crippen LogP contribution in [0.25, 0.3) is 0 Å². The molecule has 1 fully saturated rings. The summed E-state index contributed by atoms with van der Waals surface area (Å²) < 4.78 is 0. The van der Waals surface area contributed by atoms with E-state index >= 15 is 0 Å². The first-order chi connectivity index (χ1) is 8.99. The molecule has 104 valence electrons. The van der Waals surface area contributed by atoms with Crippen LogP contribution in [-0.2, 0) is 4.79 Å². The van der Waals surface area contributed by atoms with Gasteiger partial charge in [0.2, 0.25) is 5.91 Å². The molecule has 4 heteroatoms. The van der Waals surface area contributed by atoms with Crippen molar-refractivity contribution in [2.45, 2.75) is 12.3 Å². The molecule has 0 aliphatic carbocycles. The fourth-order valence-corrected chi connectivity index (χ4v) is 2.93. The molecular weight excluding hydrogens is 260 g/mol. The molecular formula is C15H21ClN2O. The van der Waals surface area contributed by atoms with Crippen LogP contribution in [0.3, 0.4) is 0 Å². The van der Waals surface area contributed by atoms with E-state index in [1.54, 1.807) is 4.90 Å². The van der Waals surface area contributed by atoms with Crippen LogP contribution >= 0.6 is 11.6 Å². The van der Waals surface area contributed by atoms with Crippen molar-refractivity contribution in [2.75, 3.05) is 34.2 Å². The molecule has 0 unspecified atom stereocenters. The molecule has 19 heavy (non-hydrogen) atoms. The van der Waals surface area contributed by atoms with Gasteiger partial charge < -0.3 is 9.80 Å². The Bertz CT molecular complexity index is 444. The molecule has 2 rings (SSSR count). The van der Waals surface area contributed by atoms with Gasteiger partial charge >= 0.3 is 0 Å². The van der Waals surface area contributed by atoms with Crippen molar-refractivity contribution in [2.24, 2.45) is 5.92 Å². The maximum absolute atomic E-state index is 12.4. The van der Waals surface area contributed by atoms with Gasteiger partial charge in [-0.3, -0.25) is 4.79 Å². The summed E-state index contributed by atoms with van der Waals surface area (Å²) >= 11 is 5.94. The van der Waals surface area contributed by atoms with Crippen LogP contribution in [-0.4, -0.2) is 49.9 Å². The second kappa shape index (κ2) is 5.93. The summed E-state index contributed by atoms with van der Waals surface area (Å²) in [6.07, 6.45) is 1.02. The predicted octanol–water partition coefficient (Wildman–Crippen LogP) is 2.46. The Balaban J connectivity index is 2.25. The second-order valence-electron chi connectivity index (χ2n) is 5.55. The fourth-order valence-electron chi connectivity index (χ4n) is 2.81. The number of hydrogen-bond donors (Lipinski definition) is 0. The number of nitrogens with zero attached hydrogens (tertiary/aromatic N) is 2. The van der Waals surface area contributed by atoms with E-state index in [1.807, 2.05) is 38.4 Å². The van der Waals surface area contributed by atoms with E-state index in [9.17, 15) is 4.79 Å². The molecule has 1 aromatic rings. The summed E-state index contributed by atoms with van der Waals surface area (Å²) in [6, 6.07) is 7.92. The van der Waals surface area contributed by atoms with Gasteiger partial charge in [-0.15, -0.1) is 0 Å². The van der Waals surface area contributed by atoms with E-state index in [1.165, 1.54) is 5.56 Å². The molecule has 1 aliphatic heterocycles. The number of likely N-dealkylation sites (tertiary alicyclic amines) is 1. The maximum Gasteiger partial charge on any atom is 0.227 e. The molecule has 0 saturated carbocycles. The number of piperidine rings is 1. The molecule has 2 atom stereocenters. The van der Waals surface area contributed by atoms with Crippen molar-refractivity contribution in [3.63, 3.8) is 0 Å². The molecule has 0 N–H and O–H groups in total. The number of carbonyl (C=O) groups is 1. The molecule has 0 radical (unpaired) electrons. The lowest BCUT2D eigenvalue weighted by molar-refractivity contribution is -0.135. The summed E-state index contributed by atoms with van der Waals surface area (Å²) in [7, 11) is 5.74. The molecule has 1 aromatic carbocycles. The molecule has 1 amide bonds. The second-order valence-corrected chi connectivity index (χ2v) is 5.98. The Morgan fingerprint density at radius 3 is 2.53 bits per heavy atom. The molecule has 1 heterocycles. The Hall–Kier alpha value is -1.06. The Morgan fingerprint density at radius 2 is 1.95 bits per heavy atom. The fraction of sp³-hybridized carbons (Fsp3) is 0.533. The molecule has 0 spiro atoms. The third kappa shape index (κ3) is 3.28. The Kier molecular flexibility index (Phi) is 4.48. The molecule has 1 saturated heterocycles. The third-order valence-electron chi connectivity index (χ3n) is 3.87. The van der Waals surface area contributed by atoms with Crippen LogP contribution in [0.4, 0.5) is 0 Å². The average molecular weight is 281 g/mol. The van der Waals surface area contributed by atoms with Crippen molar-refractivity contribution in [3.05, 3.63) is 34.9 Å². The highest BCUT2D eigenvalue weighted by Gasteiger charge is 2.34. The van der Waals surface area contributed by atoms with Crippen LogP contribution < -0.4 is 0 Å². The number of rotatable bonds is 2. The Labute approximate surface area is 120 Å². The molecule has 1 aliphatic rings. The zero-order valence-corrected chi connectivity index (χ0v) is 12.5. The third-order valence-corrected chi connectivity index (χ3v) is 4.12. The van der Waals surface area contributed by atoms with Crippen LogP contribution in [0, 0.1) is 5.92 Å². The van der Waals surface area contributed by atoms with E-state index in [2.05, 4.69) is 11.9 Å². The normalized spacial score (nSPS) is 24.2. The summed E-state index contributed by atoms with van der Waals surface area (Å²) in [5.41, 5.74) is 1.22. The smallest absolute Gasteiger partial charge is 0.227 e. The first kappa shape index (κ1) is 14.4. The first-order valence-corrected chi connectivity index (χ1v) is 7.02. The van der Waals surface area contributed by atoms with Crippen molar-refractivity contribution < 1.29 is 4.79 Å². The van der Waals surface area contributed by atoms with Gasteiger partial charge in [0.25, 0.3) is 0 Å². The quantitative estimate of drug-likeness (QED) is 0.831. The molecule has 0 bridgehead atoms. The van der Waals surface area contributed by atoms with E-state index < -0.39 is 0 Å². The van der Waals surface area contributed by atoms with Crippen LogP contribution in [0.2, 0.25) is 5.02 Å². The van der Waals surface area contributed by atoms with Gasteiger partial charge in [-0.25, -0.2) is 0 Å². The number of halogens is 1. The standard InChI is InChI=1S/C15H21ClN2O/c1-17(2)15(19)14-10-18(3)9-8-13(14)11-4-6-12(16)7-5-11/h4-7,13-14H,8-10H2,1-3H3/t13-,14+/m1/s1. The highest BCUT2D eigenvalue weighted by atomic mass is 35.5. The van der Waals surface area contributed by atoms with Crippen molar-refractivity contribution in [1.82, 2.24) is 9.80 Å². The minimum Gasteiger partial charge on any atom is -0.349 e. The van der Waals surface area contributed by atoms with Gasteiger partial charge in [0.05, 0.1) is 5.92 Å². The van der Waals surface area contributed by atoms with Crippen LogP contribution in [0.15, 0.2) is 24.3 Å². The molecule has 3 nitrogen and oxygen atoms in total. The van der Waals surface area contributed by atoms with E-state index in [0.29, 0.717) is 5.92 Å². The topological polar surface area (TPSA) is 23.6 Å². The van der Waals surface area contributed by atoms with Crippen LogP contribution in [0.1, 0.15) is 17.9 Å². The zero-order valence-electron chi connectivity index (χ0n) is 11.8. The summed E-state index contributed by atoms with van der Waals surface area (Å²) in [4.78, 5) is 16.3.